The number of hydrogen-bond acceptors (Lipinski definition) is 5. The highest BCUT2D eigenvalue weighted by molar-refractivity contribution is 5.98. The van der Waals surface area contributed by atoms with Crippen LogP contribution in [0.25, 0.3) is 11.3 Å². The summed E-state index contributed by atoms with van der Waals surface area (Å²) in [4.78, 5) is 34.3. The first kappa shape index (κ1) is 19.9. The molecule has 3 rings (SSSR count). The first-order chi connectivity index (χ1) is 13.6. The third kappa shape index (κ3) is 4.17. The summed E-state index contributed by atoms with van der Waals surface area (Å²) in [5, 5.41) is 2.66. The second-order valence-corrected chi connectivity index (χ2v) is 6.77. The van der Waals surface area contributed by atoms with Crippen molar-refractivity contribution in [3.05, 3.63) is 35.8 Å². The van der Waals surface area contributed by atoms with Gasteiger partial charge in [-0.2, -0.15) is 0 Å². The molecule has 0 saturated carbocycles. The van der Waals surface area contributed by atoms with Gasteiger partial charge in [0.25, 0.3) is 5.91 Å². The van der Waals surface area contributed by atoms with Gasteiger partial charge in [-0.25, -0.2) is 4.98 Å². The van der Waals surface area contributed by atoms with Gasteiger partial charge >= 0.3 is 0 Å². The fraction of sp³-hybridized carbons (Fsp3) is 0.450. The highest BCUT2D eigenvalue weighted by atomic mass is 16.5. The van der Waals surface area contributed by atoms with Crippen LogP contribution in [0, 0.1) is 0 Å². The Hall–Kier alpha value is -2.87. The predicted molar refractivity (Wildman–Crippen MR) is 104 cm³/mol. The van der Waals surface area contributed by atoms with E-state index < -0.39 is 0 Å². The molecule has 0 bridgehead atoms. The number of ether oxygens (including phenoxy) is 2. The number of aromatic amines is 1. The van der Waals surface area contributed by atoms with Crippen LogP contribution in [-0.2, 0) is 9.53 Å². The lowest BCUT2D eigenvalue weighted by Crippen LogP contribution is -2.41. The van der Waals surface area contributed by atoms with Crippen molar-refractivity contribution >= 4 is 11.8 Å². The third-order valence-electron chi connectivity index (χ3n) is 4.97. The molecule has 0 aliphatic carbocycles. The topological polar surface area (TPSA) is 96.6 Å². The number of carbonyl (C=O) groups is 2. The fourth-order valence-electron chi connectivity index (χ4n) is 3.47. The second-order valence-electron chi connectivity index (χ2n) is 6.77. The van der Waals surface area contributed by atoms with E-state index in [9.17, 15) is 9.59 Å². The van der Waals surface area contributed by atoms with Crippen LogP contribution in [0.3, 0.4) is 0 Å². The van der Waals surface area contributed by atoms with Crippen LogP contribution in [-0.4, -0.2) is 67.6 Å². The number of nitrogens with one attached hydrogen (secondary N) is 2. The van der Waals surface area contributed by atoms with E-state index in [4.69, 9.17) is 14.5 Å². The number of aromatic nitrogens is 2. The van der Waals surface area contributed by atoms with Gasteiger partial charge in [0.2, 0.25) is 5.91 Å². The van der Waals surface area contributed by atoms with Gasteiger partial charge in [-0.3, -0.25) is 9.59 Å². The van der Waals surface area contributed by atoms with E-state index in [1.807, 2.05) is 24.3 Å². The number of H-pyrrole nitrogens is 1. The largest absolute Gasteiger partial charge is 0.497 e. The highest BCUT2D eigenvalue weighted by Gasteiger charge is 2.28. The van der Waals surface area contributed by atoms with E-state index in [2.05, 4.69) is 10.3 Å². The van der Waals surface area contributed by atoms with Crippen molar-refractivity contribution in [1.29, 1.82) is 0 Å². The van der Waals surface area contributed by atoms with Crippen LogP contribution in [0.4, 0.5) is 0 Å². The number of benzene rings is 1. The van der Waals surface area contributed by atoms with E-state index in [0.29, 0.717) is 24.5 Å². The van der Waals surface area contributed by atoms with Gasteiger partial charge in [0.05, 0.1) is 7.11 Å². The van der Waals surface area contributed by atoms with Crippen molar-refractivity contribution in [2.24, 2.45) is 0 Å². The Morgan fingerprint density at radius 3 is 2.68 bits per heavy atom. The zero-order chi connectivity index (χ0) is 20.1. The molecule has 1 saturated heterocycles. The molecule has 1 aliphatic heterocycles. The first-order valence-corrected chi connectivity index (χ1v) is 9.30. The number of hydrogen-bond donors (Lipinski definition) is 2. The summed E-state index contributed by atoms with van der Waals surface area (Å²) in [6.07, 6.45) is 1.79. The number of rotatable bonds is 6. The molecule has 0 spiro atoms. The summed E-state index contributed by atoms with van der Waals surface area (Å²) in [6.45, 7) is 1.35. The highest BCUT2D eigenvalue weighted by Crippen LogP contribution is 2.30. The van der Waals surface area contributed by atoms with Gasteiger partial charge in [0, 0.05) is 38.7 Å². The van der Waals surface area contributed by atoms with E-state index in [1.54, 1.807) is 19.1 Å². The fourth-order valence-corrected chi connectivity index (χ4v) is 3.47. The summed E-state index contributed by atoms with van der Waals surface area (Å²) in [7, 11) is 4.71. The van der Waals surface area contributed by atoms with Crippen molar-refractivity contribution in [3.8, 4) is 17.0 Å². The van der Waals surface area contributed by atoms with Crippen molar-refractivity contribution in [2.45, 2.75) is 18.8 Å². The molecule has 1 fully saturated rings. The number of imidazole rings is 1. The average Bonchev–Trinajstić information content (AvgIpc) is 3.19. The quantitative estimate of drug-likeness (QED) is 0.789. The van der Waals surface area contributed by atoms with Gasteiger partial charge in [0.15, 0.2) is 0 Å². The molecule has 2 amide bonds. The third-order valence-corrected chi connectivity index (χ3v) is 4.97. The summed E-state index contributed by atoms with van der Waals surface area (Å²) in [5.41, 5.74) is 1.84. The Kier molecular flexibility index (Phi) is 6.30. The Bertz CT molecular complexity index is 831. The van der Waals surface area contributed by atoms with Gasteiger partial charge in [0.1, 0.15) is 29.6 Å². The smallest absolute Gasteiger partial charge is 0.269 e. The lowest BCUT2D eigenvalue weighted by molar-refractivity contribution is -0.136. The number of likely N-dealkylation sites (tertiary alicyclic amines) is 1. The normalized spacial score (nSPS) is 16.7. The summed E-state index contributed by atoms with van der Waals surface area (Å²) in [6, 6.07) is 7.42. The maximum Gasteiger partial charge on any atom is 0.269 e. The van der Waals surface area contributed by atoms with E-state index in [0.717, 1.165) is 30.0 Å². The van der Waals surface area contributed by atoms with Crippen molar-refractivity contribution in [1.82, 2.24) is 20.2 Å². The van der Waals surface area contributed by atoms with E-state index >= 15 is 0 Å². The molecule has 1 atom stereocenters. The molecule has 1 aromatic carbocycles. The number of methoxy groups -OCH3 is 2. The minimum absolute atomic E-state index is 0.0272. The average molecular weight is 386 g/mol. The lowest BCUT2D eigenvalue weighted by Gasteiger charge is -2.31. The zero-order valence-corrected chi connectivity index (χ0v) is 16.4. The molecule has 1 aromatic heterocycles. The maximum atomic E-state index is 12.4. The monoisotopic (exact) mass is 386 g/mol. The Labute approximate surface area is 164 Å². The van der Waals surface area contributed by atoms with Crippen molar-refractivity contribution in [3.63, 3.8) is 0 Å². The number of piperidine rings is 1. The molecule has 2 heterocycles. The molecule has 8 heteroatoms. The van der Waals surface area contributed by atoms with Crippen molar-refractivity contribution < 1.29 is 19.1 Å². The van der Waals surface area contributed by atoms with Crippen molar-refractivity contribution in [2.75, 3.05) is 41.0 Å². The van der Waals surface area contributed by atoms with E-state index in [1.165, 1.54) is 7.11 Å². The molecule has 2 aromatic rings. The maximum absolute atomic E-state index is 12.4. The van der Waals surface area contributed by atoms with Crippen LogP contribution in [0.2, 0.25) is 0 Å². The van der Waals surface area contributed by atoms with Crippen LogP contribution < -0.4 is 10.1 Å². The molecular formula is C20H26N4O4. The van der Waals surface area contributed by atoms with Crippen LogP contribution >= 0.6 is 0 Å². The number of nitrogens with zero attached hydrogens (tertiary/aromatic N) is 2. The van der Waals surface area contributed by atoms with Gasteiger partial charge < -0.3 is 24.7 Å². The minimum atomic E-state index is -0.229. The number of carbonyl (C=O) groups excluding carboxylic acids is 2. The molecule has 1 aliphatic rings. The number of amides is 2. The predicted octanol–water partition coefficient (Wildman–Crippen LogP) is 1.80. The summed E-state index contributed by atoms with van der Waals surface area (Å²) < 4.78 is 10.2. The van der Waals surface area contributed by atoms with Crippen LogP contribution in [0.1, 0.15) is 35.1 Å². The molecule has 0 unspecified atom stereocenters. The summed E-state index contributed by atoms with van der Waals surface area (Å²) in [5.74, 6) is 1.25. The molecule has 28 heavy (non-hydrogen) atoms. The minimum Gasteiger partial charge on any atom is -0.497 e. The first-order valence-electron chi connectivity index (χ1n) is 9.30. The zero-order valence-electron chi connectivity index (χ0n) is 16.4. The molecule has 150 valence electrons. The Balaban J connectivity index is 1.90. The standard InChI is InChI=1S/C20H26N4O4/c1-21-20(26)18-17(13-6-8-15(28-3)9-7-13)22-19(23-18)14-5-4-10-24(11-14)16(25)12-27-2/h6-9,14H,4-5,10-12H2,1-3H3,(H,21,26)(H,22,23)/t14-/m0/s1. The summed E-state index contributed by atoms with van der Waals surface area (Å²) >= 11 is 0. The van der Waals surface area contributed by atoms with Gasteiger partial charge in [-0.15, -0.1) is 0 Å². The SMILES string of the molecule is CNC(=O)c1[nH]c([C@H]2CCCN(C(=O)COC)C2)nc1-c1ccc(OC)cc1. The Morgan fingerprint density at radius 1 is 1.29 bits per heavy atom. The Morgan fingerprint density at radius 2 is 2.04 bits per heavy atom. The lowest BCUT2D eigenvalue weighted by atomic mass is 9.97. The second kappa shape index (κ2) is 8.88. The van der Waals surface area contributed by atoms with E-state index in [-0.39, 0.29) is 24.3 Å². The van der Waals surface area contributed by atoms with Crippen LogP contribution in [0.5, 0.6) is 5.75 Å². The molecular weight excluding hydrogens is 360 g/mol. The molecule has 2 N–H and O–H groups in total. The molecule has 8 nitrogen and oxygen atoms in total. The van der Waals surface area contributed by atoms with Crippen LogP contribution in [0.15, 0.2) is 24.3 Å². The van der Waals surface area contributed by atoms with Gasteiger partial charge in [-0.1, -0.05) is 0 Å². The molecule has 0 radical (unpaired) electrons. The van der Waals surface area contributed by atoms with Gasteiger partial charge in [-0.05, 0) is 37.1 Å².